The third kappa shape index (κ3) is 3.23. The molecule has 1 unspecified atom stereocenters. The van der Waals surface area contributed by atoms with Crippen molar-refractivity contribution in [1.82, 2.24) is 15.0 Å². The zero-order valence-electron chi connectivity index (χ0n) is 11.6. The largest absolute Gasteiger partial charge is 0.378 e. The maximum atomic E-state index is 13.9. The Morgan fingerprint density at radius 2 is 2.33 bits per heavy atom. The van der Waals surface area contributed by atoms with E-state index in [9.17, 15) is 4.39 Å². The first-order chi connectivity index (χ1) is 10.1. The van der Waals surface area contributed by atoms with Gasteiger partial charge in [-0.05, 0) is 25.1 Å². The predicted octanol–water partition coefficient (Wildman–Crippen LogP) is 2.74. The lowest BCUT2D eigenvalue weighted by atomic mass is 10.1. The van der Waals surface area contributed by atoms with E-state index in [4.69, 9.17) is 20.9 Å². The summed E-state index contributed by atoms with van der Waals surface area (Å²) in [6, 6.07) is 4.39. The highest BCUT2D eigenvalue weighted by molar-refractivity contribution is 6.30. The maximum Gasteiger partial charge on any atom is 0.246 e. The third-order valence-electron chi connectivity index (χ3n) is 3.45. The van der Waals surface area contributed by atoms with Gasteiger partial charge in [0.15, 0.2) is 5.82 Å². The van der Waals surface area contributed by atoms with Crippen LogP contribution in [-0.4, -0.2) is 34.8 Å². The molecule has 21 heavy (non-hydrogen) atoms. The summed E-state index contributed by atoms with van der Waals surface area (Å²) in [5.41, 5.74) is 0.547. The number of hydrogen-bond donors (Lipinski definition) is 0. The van der Waals surface area contributed by atoms with Gasteiger partial charge in [0.25, 0.3) is 0 Å². The minimum Gasteiger partial charge on any atom is -0.378 e. The molecule has 0 bridgehead atoms. The number of morpholine rings is 1. The van der Waals surface area contributed by atoms with E-state index in [1.54, 1.807) is 19.1 Å². The van der Waals surface area contributed by atoms with Crippen LogP contribution in [0.25, 0.3) is 0 Å². The molecule has 0 aliphatic carbocycles. The predicted molar refractivity (Wildman–Crippen MR) is 74.4 cm³/mol. The van der Waals surface area contributed by atoms with Crippen molar-refractivity contribution in [3.05, 3.63) is 46.3 Å². The van der Waals surface area contributed by atoms with Crippen LogP contribution in [0.5, 0.6) is 0 Å². The third-order valence-corrected chi connectivity index (χ3v) is 3.68. The lowest BCUT2D eigenvalue weighted by Crippen LogP contribution is -2.39. The lowest BCUT2D eigenvalue weighted by molar-refractivity contribution is -0.0245. The number of aryl methyl sites for hydroxylation is 1. The Hall–Kier alpha value is -1.50. The van der Waals surface area contributed by atoms with Gasteiger partial charge >= 0.3 is 0 Å². The van der Waals surface area contributed by atoms with Crippen molar-refractivity contribution < 1.29 is 13.7 Å². The number of hydrogen-bond acceptors (Lipinski definition) is 5. The van der Waals surface area contributed by atoms with Crippen molar-refractivity contribution in [1.29, 1.82) is 0 Å². The average molecular weight is 312 g/mol. The maximum absolute atomic E-state index is 13.9. The summed E-state index contributed by atoms with van der Waals surface area (Å²) in [4.78, 5) is 6.31. The van der Waals surface area contributed by atoms with E-state index >= 15 is 0 Å². The summed E-state index contributed by atoms with van der Waals surface area (Å²) in [7, 11) is 0. The van der Waals surface area contributed by atoms with Crippen LogP contribution >= 0.6 is 11.6 Å². The molecule has 112 valence electrons. The van der Waals surface area contributed by atoms with Crippen LogP contribution in [0.3, 0.4) is 0 Å². The summed E-state index contributed by atoms with van der Waals surface area (Å²) in [5, 5.41) is 4.32. The van der Waals surface area contributed by atoms with Crippen molar-refractivity contribution in [2.75, 3.05) is 19.8 Å². The fraction of sp³-hybridized carbons (Fsp3) is 0.429. The number of aromatic nitrogens is 2. The smallest absolute Gasteiger partial charge is 0.246 e. The normalized spacial score (nSPS) is 19.9. The highest BCUT2D eigenvalue weighted by atomic mass is 35.5. The summed E-state index contributed by atoms with van der Waals surface area (Å²) in [6.07, 6.45) is 0. The fourth-order valence-corrected chi connectivity index (χ4v) is 2.58. The van der Waals surface area contributed by atoms with E-state index in [0.717, 1.165) is 0 Å². The molecule has 1 aromatic heterocycles. The molecule has 0 spiro atoms. The Bertz CT molecular complexity index is 634. The monoisotopic (exact) mass is 311 g/mol. The first-order valence-corrected chi connectivity index (χ1v) is 7.07. The highest BCUT2D eigenvalue weighted by Crippen LogP contribution is 2.26. The Morgan fingerprint density at radius 3 is 3.10 bits per heavy atom. The lowest BCUT2D eigenvalue weighted by Gasteiger charge is -2.33. The first kappa shape index (κ1) is 14.4. The highest BCUT2D eigenvalue weighted by Gasteiger charge is 2.29. The van der Waals surface area contributed by atoms with Gasteiger partial charge in [-0.2, -0.15) is 4.98 Å². The zero-order valence-corrected chi connectivity index (χ0v) is 12.3. The number of rotatable bonds is 3. The van der Waals surface area contributed by atoms with Gasteiger partial charge in [0, 0.05) is 23.7 Å². The molecule has 1 aliphatic rings. The van der Waals surface area contributed by atoms with Crippen LogP contribution in [-0.2, 0) is 11.3 Å². The minimum atomic E-state index is -0.272. The molecule has 1 aliphatic heterocycles. The van der Waals surface area contributed by atoms with Crippen LogP contribution in [0.1, 0.15) is 23.3 Å². The average Bonchev–Trinajstić information content (AvgIpc) is 2.90. The molecule has 1 fully saturated rings. The fourth-order valence-electron chi connectivity index (χ4n) is 2.39. The number of ether oxygens (including phenoxy) is 1. The second kappa shape index (κ2) is 6.09. The van der Waals surface area contributed by atoms with E-state index in [1.165, 1.54) is 6.07 Å². The van der Waals surface area contributed by atoms with E-state index in [-0.39, 0.29) is 11.9 Å². The Morgan fingerprint density at radius 1 is 1.48 bits per heavy atom. The van der Waals surface area contributed by atoms with Crippen molar-refractivity contribution in [2.24, 2.45) is 0 Å². The van der Waals surface area contributed by atoms with Crippen LogP contribution in [0.4, 0.5) is 4.39 Å². The van der Waals surface area contributed by atoms with Gasteiger partial charge in [0.1, 0.15) is 11.9 Å². The van der Waals surface area contributed by atoms with Gasteiger partial charge in [0.2, 0.25) is 5.89 Å². The second-order valence-corrected chi connectivity index (χ2v) is 5.41. The van der Waals surface area contributed by atoms with Gasteiger partial charge in [-0.15, -0.1) is 0 Å². The molecule has 0 saturated carbocycles. The SMILES string of the molecule is Cc1noc(C2COCCN2Cc2cc(Cl)ccc2F)n1. The molecular weight excluding hydrogens is 297 g/mol. The minimum absolute atomic E-state index is 0.168. The van der Waals surface area contributed by atoms with E-state index in [1.807, 2.05) is 0 Å². The molecule has 7 heteroatoms. The van der Waals surface area contributed by atoms with Crippen molar-refractivity contribution in [2.45, 2.75) is 19.5 Å². The molecule has 3 rings (SSSR count). The van der Waals surface area contributed by atoms with Crippen LogP contribution < -0.4 is 0 Å². The number of halogens is 2. The van der Waals surface area contributed by atoms with Gasteiger partial charge in [-0.1, -0.05) is 16.8 Å². The van der Waals surface area contributed by atoms with Crippen LogP contribution in [0.2, 0.25) is 5.02 Å². The Balaban J connectivity index is 1.83. The quantitative estimate of drug-likeness (QED) is 0.872. The molecule has 1 saturated heterocycles. The Kier molecular flexibility index (Phi) is 4.19. The molecule has 0 N–H and O–H groups in total. The van der Waals surface area contributed by atoms with E-state index in [0.29, 0.717) is 48.6 Å². The molecule has 1 atom stereocenters. The summed E-state index contributed by atoms with van der Waals surface area (Å²) < 4.78 is 24.6. The zero-order chi connectivity index (χ0) is 14.8. The molecule has 2 heterocycles. The molecule has 0 amide bonds. The second-order valence-electron chi connectivity index (χ2n) is 4.98. The van der Waals surface area contributed by atoms with Gasteiger partial charge < -0.3 is 9.26 Å². The summed E-state index contributed by atoms with van der Waals surface area (Å²) >= 11 is 5.94. The topological polar surface area (TPSA) is 51.4 Å². The van der Waals surface area contributed by atoms with Crippen LogP contribution in [0.15, 0.2) is 22.7 Å². The molecule has 1 aromatic carbocycles. The van der Waals surface area contributed by atoms with Gasteiger partial charge in [-0.25, -0.2) is 4.39 Å². The molecular formula is C14H15ClFN3O2. The Labute approximate surface area is 126 Å². The number of nitrogens with zero attached hydrogens (tertiary/aromatic N) is 3. The van der Waals surface area contributed by atoms with Crippen molar-refractivity contribution in [3.8, 4) is 0 Å². The standard InChI is InChI=1S/C14H15ClFN3O2/c1-9-17-14(21-18-9)13-8-20-5-4-19(13)7-10-6-11(15)2-3-12(10)16/h2-3,6,13H,4-5,7-8H2,1H3. The molecule has 2 aromatic rings. The van der Waals surface area contributed by atoms with E-state index in [2.05, 4.69) is 15.0 Å². The molecule has 5 nitrogen and oxygen atoms in total. The molecule has 0 radical (unpaired) electrons. The van der Waals surface area contributed by atoms with Gasteiger partial charge in [-0.3, -0.25) is 4.90 Å². The van der Waals surface area contributed by atoms with Crippen molar-refractivity contribution in [3.63, 3.8) is 0 Å². The summed E-state index contributed by atoms with van der Waals surface area (Å²) in [6.45, 7) is 3.88. The summed E-state index contributed by atoms with van der Waals surface area (Å²) in [5.74, 6) is 0.797. The van der Waals surface area contributed by atoms with Crippen molar-refractivity contribution >= 4 is 11.6 Å². The van der Waals surface area contributed by atoms with Crippen LogP contribution in [0, 0.1) is 12.7 Å². The number of benzene rings is 1. The van der Waals surface area contributed by atoms with Gasteiger partial charge in [0.05, 0.1) is 13.2 Å². The van der Waals surface area contributed by atoms with E-state index < -0.39 is 0 Å². The first-order valence-electron chi connectivity index (χ1n) is 6.69.